The van der Waals surface area contributed by atoms with Crippen LogP contribution in [0.4, 0.5) is 10.1 Å². The van der Waals surface area contributed by atoms with E-state index in [2.05, 4.69) is 15.5 Å². The summed E-state index contributed by atoms with van der Waals surface area (Å²) in [5, 5.41) is 17.0. The molecule has 0 unspecified atom stereocenters. The Labute approximate surface area is 100 Å². The zero-order valence-corrected chi connectivity index (χ0v) is 8.98. The summed E-state index contributed by atoms with van der Waals surface area (Å²) in [6, 6.07) is 4.55. The van der Waals surface area contributed by atoms with Gasteiger partial charge in [0.25, 0.3) is 5.91 Å². The van der Waals surface area contributed by atoms with Crippen LogP contribution in [-0.2, 0) is 0 Å². The Hall–Kier alpha value is -2.70. The van der Waals surface area contributed by atoms with Crippen LogP contribution in [-0.4, -0.2) is 27.2 Å². The molecule has 1 aromatic carbocycles. The van der Waals surface area contributed by atoms with Gasteiger partial charge in [-0.3, -0.25) is 9.89 Å². The van der Waals surface area contributed by atoms with Crippen molar-refractivity contribution >= 4 is 17.6 Å². The van der Waals surface area contributed by atoms with Crippen LogP contribution in [0, 0.1) is 5.82 Å². The number of carboxylic acids is 1. The van der Waals surface area contributed by atoms with Crippen molar-refractivity contribution in [1.29, 1.82) is 0 Å². The highest BCUT2D eigenvalue weighted by atomic mass is 19.1. The smallest absolute Gasteiger partial charge is 0.335 e. The molecule has 0 aliphatic rings. The number of rotatable bonds is 3. The molecule has 0 bridgehead atoms. The zero-order valence-electron chi connectivity index (χ0n) is 8.98. The molecule has 0 spiro atoms. The molecule has 1 heterocycles. The summed E-state index contributed by atoms with van der Waals surface area (Å²) >= 11 is 0. The van der Waals surface area contributed by atoms with Crippen molar-refractivity contribution < 1.29 is 19.1 Å². The molecular formula is C11H8FN3O3. The minimum atomic E-state index is -1.20. The van der Waals surface area contributed by atoms with Crippen LogP contribution < -0.4 is 5.32 Å². The second-order valence-electron chi connectivity index (χ2n) is 3.42. The highest BCUT2D eigenvalue weighted by molar-refractivity contribution is 6.03. The monoisotopic (exact) mass is 249 g/mol. The highest BCUT2D eigenvalue weighted by Gasteiger charge is 2.12. The number of aromatic amines is 1. The van der Waals surface area contributed by atoms with Gasteiger partial charge >= 0.3 is 5.97 Å². The number of benzene rings is 1. The molecule has 1 aromatic heterocycles. The van der Waals surface area contributed by atoms with Gasteiger partial charge in [-0.15, -0.1) is 0 Å². The average molecular weight is 249 g/mol. The van der Waals surface area contributed by atoms with E-state index in [1.807, 2.05) is 0 Å². The summed E-state index contributed by atoms with van der Waals surface area (Å²) in [6.07, 6.45) is 1.37. The Morgan fingerprint density at radius 2 is 2.11 bits per heavy atom. The first-order valence-electron chi connectivity index (χ1n) is 4.91. The molecular weight excluding hydrogens is 241 g/mol. The molecule has 0 aliphatic carbocycles. The summed E-state index contributed by atoms with van der Waals surface area (Å²) in [6.45, 7) is 0. The summed E-state index contributed by atoms with van der Waals surface area (Å²) in [5.74, 6) is -2.52. The first kappa shape index (κ1) is 11.8. The largest absolute Gasteiger partial charge is 0.478 e. The molecule has 6 nitrogen and oxygen atoms in total. The van der Waals surface area contributed by atoms with E-state index in [0.29, 0.717) is 0 Å². The number of aromatic nitrogens is 2. The van der Waals surface area contributed by atoms with E-state index in [-0.39, 0.29) is 16.9 Å². The summed E-state index contributed by atoms with van der Waals surface area (Å²) in [4.78, 5) is 22.3. The van der Waals surface area contributed by atoms with Crippen LogP contribution in [0.2, 0.25) is 0 Å². The van der Waals surface area contributed by atoms with E-state index < -0.39 is 17.7 Å². The molecule has 0 saturated carbocycles. The van der Waals surface area contributed by atoms with Gasteiger partial charge in [0, 0.05) is 6.20 Å². The van der Waals surface area contributed by atoms with Crippen molar-refractivity contribution in [2.75, 3.05) is 5.32 Å². The number of aromatic carboxylic acids is 1. The lowest BCUT2D eigenvalue weighted by molar-refractivity contribution is 0.0696. The average Bonchev–Trinajstić information content (AvgIpc) is 2.85. The van der Waals surface area contributed by atoms with Gasteiger partial charge in [-0.1, -0.05) is 0 Å². The van der Waals surface area contributed by atoms with Gasteiger partial charge in [-0.2, -0.15) is 5.10 Å². The summed E-state index contributed by atoms with van der Waals surface area (Å²) in [5.41, 5.74) is -0.166. The van der Waals surface area contributed by atoms with Gasteiger partial charge < -0.3 is 10.4 Å². The summed E-state index contributed by atoms with van der Waals surface area (Å²) in [7, 11) is 0. The maximum atomic E-state index is 13.4. The van der Waals surface area contributed by atoms with E-state index in [0.717, 1.165) is 18.2 Å². The number of nitrogens with one attached hydrogen (secondary N) is 2. The van der Waals surface area contributed by atoms with E-state index in [9.17, 15) is 14.0 Å². The van der Waals surface area contributed by atoms with Gasteiger partial charge in [-0.25, -0.2) is 9.18 Å². The normalized spacial score (nSPS) is 10.1. The van der Waals surface area contributed by atoms with Crippen molar-refractivity contribution in [2.24, 2.45) is 0 Å². The van der Waals surface area contributed by atoms with Crippen molar-refractivity contribution in [1.82, 2.24) is 10.2 Å². The fourth-order valence-electron chi connectivity index (χ4n) is 1.33. The molecule has 0 fully saturated rings. The number of nitrogens with zero attached hydrogens (tertiary/aromatic N) is 1. The Kier molecular flexibility index (Phi) is 3.05. The molecule has 0 atom stereocenters. The number of amides is 1. The van der Waals surface area contributed by atoms with Crippen LogP contribution in [0.3, 0.4) is 0 Å². The van der Waals surface area contributed by atoms with Gasteiger partial charge in [0.1, 0.15) is 11.5 Å². The number of carbonyl (C=O) groups is 2. The molecule has 2 rings (SSSR count). The number of hydrogen-bond donors (Lipinski definition) is 3. The predicted octanol–water partition coefficient (Wildman–Crippen LogP) is 1.50. The number of carboxylic acid groups (broad SMARTS) is 1. The third kappa shape index (κ3) is 2.34. The van der Waals surface area contributed by atoms with Crippen molar-refractivity contribution in [2.45, 2.75) is 0 Å². The number of hydrogen-bond acceptors (Lipinski definition) is 3. The fourth-order valence-corrected chi connectivity index (χ4v) is 1.33. The Morgan fingerprint density at radius 1 is 1.33 bits per heavy atom. The molecule has 3 N–H and O–H groups in total. The lowest BCUT2D eigenvalue weighted by atomic mass is 10.2. The second-order valence-corrected chi connectivity index (χ2v) is 3.42. The van der Waals surface area contributed by atoms with Crippen LogP contribution >= 0.6 is 0 Å². The topological polar surface area (TPSA) is 95.1 Å². The van der Waals surface area contributed by atoms with Crippen LogP contribution in [0.25, 0.3) is 0 Å². The number of anilines is 1. The SMILES string of the molecule is O=C(O)c1ccc(F)c(NC(=O)c2ccn[nH]2)c1. The molecule has 1 amide bonds. The number of carbonyl (C=O) groups excluding carboxylic acids is 1. The molecule has 0 saturated heterocycles. The lowest BCUT2D eigenvalue weighted by Crippen LogP contribution is -2.14. The molecule has 18 heavy (non-hydrogen) atoms. The lowest BCUT2D eigenvalue weighted by Gasteiger charge is -2.05. The zero-order chi connectivity index (χ0) is 13.1. The molecule has 2 aromatic rings. The Balaban J connectivity index is 2.26. The van der Waals surface area contributed by atoms with Gasteiger partial charge in [0.05, 0.1) is 11.3 Å². The van der Waals surface area contributed by atoms with Gasteiger partial charge in [0.15, 0.2) is 0 Å². The number of halogens is 1. The molecule has 0 aliphatic heterocycles. The molecule has 0 radical (unpaired) electrons. The third-order valence-corrected chi connectivity index (χ3v) is 2.21. The van der Waals surface area contributed by atoms with Crippen LogP contribution in [0.15, 0.2) is 30.5 Å². The van der Waals surface area contributed by atoms with E-state index >= 15 is 0 Å². The summed E-state index contributed by atoms with van der Waals surface area (Å²) < 4.78 is 13.4. The van der Waals surface area contributed by atoms with Crippen molar-refractivity contribution in [3.8, 4) is 0 Å². The minimum Gasteiger partial charge on any atom is -0.478 e. The van der Waals surface area contributed by atoms with Crippen LogP contribution in [0.5, 0.6) is 0 Å². The van der Waals surface area contributed by atoms with E-state index in [4.69, 9.17) is 5.11 Å². The second kappa shape index (κ2) is 4.66. The third-order valence-electron chi connectivity index (χ3n) is 2.21. The van der Waals surface area contributed by atoms with Crippen molar-refractivity contribution in [3.05, 3.63) is 47.5 Å². The first-order valence-corrected chi connectivity index (χ1v) is 4.91. The van der Waals surface area contributed by atoms with Gasteiger partial charge in [-0.05, 0) is 24.3 Å². The highest BCUT2D eigenvalue weighted by Crippen LogP contribution is 2.17. The quantitative estimate of drug-likeness (QED) is 0.768. The Morgan fingerprint density at radius 3 is 2.72 bits per heavy atom. The molecule has 7 heteroatoms. The maximum absolute atomic E-state index is 13.4. The van der Waals surface area contributed by atoms with Gasteiger partial charge in [0.2, 0.25) is 0 Å². The van der Waals surface area contributed by atoms with E-state index in [1.165, 1.54) is 12.3 Å². The maximum Gasteiger partial charge on any atom is 0.335 e. The molecule has 92 valence electrons. The van der Waals surface area contributed by atoms with Crippen molar-refractivity contribution in [3.63, 3.8) is 0 Å². The fraction of sp³-hybridized carbons (Fsp3) is 0. The first-order chi connectivity index (χ1) is 8.58. The minimum absolute atomic E-state index is 0.115. The van der Waals surface area contributed by atoms with E-state index in [1.54, 1.807) is 0 Å². The standard InChI is InChI=1S/C11H8FN3O3/c12-7-2-1-6(11(17)18)5-9(7)14-10(16)8-3-4-13-15-8/h1-5H,(H,13,15)(H,14,16)(H,17,18). The van der Waals surface area contributed by atoms with Crippen LogP contribution in [0.1, 0.15) is 20.8 Å². The Bertz CT molecular complexity index is 596. The predicted molar refractivity (Wildman–Crippen MR) is 59.9 cm³/mol. The number of H-pyrrole nitrogens is 1.